The lowest BCUT2D eigenvalue weighted by atomic mass is 10.2. The molecule has 0 aliphatic carbocycles. The van der Waals surface area contributed by atoms with Crippen LogP contribution in [0.15, 0.2) is 12.1 Å². The molecule has 6 heteroatoms. The molecule has 1 heterocycles. The number of benzene rings is 1. The van der Waals surface area contributed by atoms with E-state index < -0.39 is 5.82 Å². The summed E-state index contributed by atoms with van der Waals surface area (Å²) in [5, 5.41) is 4.89. The molecule has 0 spiro atoms. The summed E-state index contributed by atoms with van der Waals surface area (Å²) < 4.78 is 18.3. The lowest BCUT2D eigenvalue weighted by Gasteiger charge is -2.20. The van der Waals surface area contributed by atoms with Gasteiger partial charge >= 0.3 is 0 Å². The van der Waals surface area contributed by atoms with Crippen LogP contribution in [0.5, 0.6) is 5.75 Å². The van der Waals surface area contributed by atoms with Crippen LogP contribution in [0.2, 0.25) is 0 Å². The number of halogens is 1. The molecular weight excluding hydrogens is 215 g/mol. The van der Waals surface area contributed by atoms with Crippen molar-refractivity contribution in [1.82, 2.24) is 0 Å². The number of fused-ring (bicyclic) bond motifs is 1. The minimum absolute atomic E-state index is 0.148. The molecule has 2 rings (SSSR count). The highest BCUT2D eigenvalue weighted by molar-refractivity contribution is 5.99. The van der Waals surface area contributed by atoms with Gasteiger partial charge in [-0.1, -0.05) is 0 Å². The van der Waals surface area contributed by atoms with Gasteiger partial charge in [-0.25, -0.2) is 4.39 Å². The maximum Gasteiger partial charge on any atom is 0.262 e. The van der Waals surface area contributed by atoms with Gasteiger partial charge in [-0.2, -0.15) is 0 Å². The summed E-state index contributed by atoms with van der Waals surface area (Å²) in [6, 6.07) is 2.27. The Balaban J connectivity index is 2.45. The Morgan fingerprint density at radius 2 is 2.31 bits per heavy atom. The average Bonchev–Trinajstić information content (AvgIpc) is 2.15. The number of nitrogens with one attached hydrogen (secondary N) is 2. The lowest BCUT2D eigenvalue weighted by Crippen LogP contribution is -2.26. The Morgan fingerprint density at radius 3 is 3.00 bits per heavy atom. The fraction of sp³-hybridized carbons (Fsp3) is 0.200. The molecule has 1 aromatic carbocycles. The zero-order valence-corrected chi connectivity index (χ0v) is 8.46. The predicted octanol–water partition coefficient (Wildman–Crippen LogP) is 1.11. The number of anilines is 2. The van der Waals surface area contributed by atoms with E-state index in [9.17, 15) is 14.0 Å². The summed E-state index contributed by atoms with van der Waals surface area (Å²) in [5.74, 6) is -0.982. The number of carbonyl (C=O) groups is 2. The van der Waals surface area contributed by atoms with Gasteiger partial charge in [0.25, 0.3) is 5.91 Å². The van der Waals surface area contributed by atoms with Crippen molar-refractivity contribution in [3.05, 3.63) is 17.9 Å². The van der Waals surface area contributed by atoms with Crippen molar-refractivity contribution in [3.63, 3.8) is 0 Å². The fourth-order valence-electron chi connectivity index (χ4n) is 1.45. The van der Waals surface area contributed by atoms with Gasteiger partial charge in [-0.3, -0.25) is 9.59 Å². The maximum atomic E-state index is 13.2. The standard InChI is InChI=1S/C10H9FN2O3/c1-5(14)12-7-2-6(11)3-8-10(7)16-4-9(15)13-8/h2-3H,4H2,1H3,(H,12,14)(H,13,15). The van der Waals surface area contributed by atoms with Gasteiger partial charge in [0, 0.05) is 19.1 Å². The molecule has 1 aromatic rings. The molecule has 0 atom stereocenters. The van der Waals surface area contributed by atoms with E-state index in [1.54, 1.807) is 0 Å². The first-order valence-electron chi connectivity index (χ1n) is 4.60. The first-order valence-corrected chi connectivity index (χ1v) is 4.60. The van der Waals surface area contributed by atoms with Crippen LogP contribution >= 0.6 is 0 Å². The number of hydrogen-bond acceptors (Lipinski definition) is 3. The van der Waals surface area contributed by atoms with E-state index in [0.717, 1.165) is 12.1 Å². The minimum atomic E-state index is -0.562. The van der Waals surface area contributed by atoms with Crippen molar-refractivity contribution < 1.29 is 18.7 Å². The molecule has 0 saturated carbocycles. The number of ether oxygens (including phenoxy) is 1. The van der Waals surface area contributed by atoms with E-state index in [0.29, 0.717) is 0 Å². The molecule has 16 heavy (non-hydrogen) atoms. The van der Waals surface area contributed by atoms with Crippen molar-refractivity contribution >= 4 is 23.2 Å². The summed E-state index contributed by atoms with van der Waals surface area (Å²) in [4.78, 5) is 21.9. The van der Waals surface area contributed by atoms with E-state index in [4.69, 9.17) is 4.74 Å². The predicted molar refractivity (Wildman–Crippen MR) is 54.8 cm³/mol. The van der Waals surface area contributed by atoms with E-state index in [2.05, 4.69) is 10.6 Å². The average molecular weight is 224 g/mol. The quantitative estimate of drug-likeness (QED) is 0.751. The molecule has 0 unspecified atom stereocenters. The van der Waals surface area contributed by atoms with Gasteiger partial charge in [0.05, 0.1) is 11.4 Å². The molecule has 2 N–H and O–H groups in total. The number of hydrogen-bond donors (Lipinski definition) is 2. The van der Waals surface area contributed by atoms with Crippen molar-refractivity contribution in [2.75, 3.05) is 17.2 Å². The molecule has 1 aliphatic rings. The SMILES string of the molecule is CC(=O)Nc1cc(F)cc2c1OCC(=O)N2. The van der Waals surface area contributed by atoms with Gasteiger partial charge in [0.1, 0.15) is 5.82 Å². The molecule has 0 aromatic heterocycles. The van der Waals surface area contributed by atoms with E-state index in [1.807, 2.05) is 0 Å². The van der Waals surface area contributed by atoms with Crippen LogP contribution in [0.1, 0.15) is 6.92 Å². The smallest absolute Gasteiger partial charge is 0.262 e. The third-order valence-electron chi connectivity index (χ3n) is 1.99. The molecule has 0 bridgehead atoms. The third kappa shape index (κ3) is 1.95. The second-order valence-corrected chi connectivity index (χ2v) is 3.35. The summed E-state index contributed by atoms with van der Waals surface area (Å²) >= 11 is 0. The van der Waals surface area contributed by atoms with Gasteiger partial charge in [0.15, 0.2) is 12.4 Å². The molecule has 0 radical (unpaired) electrons. The van der Waals surface area contributed by atoms with Gasteiger partial charge < -0.3 is 15.4 Å². The second-order valence-electron chi connectivity index (χ2n) is 3.35. The summed E-state index contributed by atoms with van der Waals surface area (Å²) in [7, 11) is 0. The van der Waals surface area contributed by atoms with Crippen molar-refractivity contribution in [2.45, 2.75) is 6.92 Å². The topological polar surface area (TPSA) is 67.4 Å². The summed E-state index contributed by atoms with van der Waals surface area (Å²) in [5.41, 5.74) is 0.433. The van der Waals surface area contributed by atoms with Crippen LogP contribution in [-0.2, 0) is 9.59 Å². The van der Waals surface area contributed by atoms with Crippen LogP contribution in [-0.4, -0.2) is 18.4 Å². The number of carbonyl (C=O) groups excluding carboxylic acids is 2. The van der Waals surface area contributed by atoms with Crippen molar-refractivity contribution in [1.29, 1.82) is 0 Å². The van der Waals surface area contributed by atoms with Crippen molar-refractivity contribution in [3.8, 4) is 5.75 Å². The van der Waals surface area contributed by atoms with Gasteiger partial charge in [0.2, 0.25) is 5.91 Å². The Bertz CT molecular complexity index is 473. The number of rotatable bonds is 1. The van der Waals surface area contributed by atoms with E-state index in [1.165, 1.54) is 6.92 Å². The molecule has 84 valence electrons. The maximum absolute atomic E-state index is 13.2. The lowest BCUT2D eigenvalue weighted by molar-refractivity contribution is -0.118. The molecule has 1 aliphatic heterocycles. The van der Waals surface area contributed by atoms with Crippen LogP contribution in [0, 0.1) is 5.82 Å². The Kier molecular flexibility index (Phi) is 2.47. The normalized spacial score (nSPS) is 13.5. The minimum Gasteiger partial charge on any atom is -0.479 e. The molecule has 5 nitrogen and oxygen atoms in total. The number of amides is 2. The highest BCUT2D eigenvalue weighted by Crippen LogP contribution is 2.36. The van der Waals surface area contributed by atoms with Crippen LogP contribution < -0.4 is 15.4 Å². The van der Waals surface area contributed by atoms with Crippen LogP contribution in [0.4, 0.5) is 15.8 Å². The van der Waals surface area contributed by atoms with E-state index in [-0.39, 0.29) is 35.5 Å². The van der Waals surface area contributed by atoms with Gasteiger partial charge in [-0.05, 0) is 0 Å². The first-order chi connectivity index (χ1) is 7.56. The van der Waals surface area contributed by atoms with Crippen LogP contribution in [0.25, 0.3) is 0 Å². The zero-order valence-electron chi connectivity index (χ0n) is 8.46. The highest BCUT2D eigenvalue weighted by Gasteiger charge is 2.21. The first kappa shape index (κ1) is 10.4. The Morgan fingerprint density at radius 1 is 1.56 bits per heavy atom. The highest BCUT2D eigenvalue weighted by atomic mass is 19.1. The summed E-state index contributed by atoms with van der Waals surface area (Å²) in [6.45, 7) is 1.16. The van der Waals surface area contributed by atoms with E-state index >= 15 is 0 Å². The molecule has 0 saturated heterocycles. The molecular formula is C10H9FN2O3. The van der Waals surface area contributed by atoms with Crippen molar-refractivity contribution in [2.24, 2.45) is 0 Å². The molecule has 0 fully saturated rings. The fourth-order valence-corrected chi connectivity index (χ4v) is 1.45. The Hall–Kier alpha value is -2.11. The Labute approximate surface area is 90.6 Å². The monoisotopic (exact) mass is 224 g/mol. The summed E-state index contributed by atoms with van der Waals surface area (Å²) in [6.07, 6.45) is 0. The largest absolute Gasteiger partial charge is 0.479 e. The third-order valence-corrected chi connectivity index (χ3v) is 1.99. The van der Waals surface area contributed by atoms with Crippen LogP contribution in [0.3, 0.4) is 0 Å². The second kappa shape index (κ2) is 3.80. The molecule has 2 amide bonds. The van der Waals surface area contributed by atoms with Gasteiger partial charge in [-0.15, -0.1) is 0 Å². The zero-order chi connectivity index (χ0) is 11.7.